The molecule has 1 aliphatic heterocycles. The highest BCUT2D eigenvalue weighted by atomic mass is 32.2. The number of nitrogens with zero attached hydrogens (tertiary/aromatic N) is 1. The molecule has 0 spiro atoms. The SMILES string of the molecule is NC1CCN1S(N)(=O)=O. The maximum Gasteiger partial charge on any atom is 0.278 e. The average Bonchev–Trinajstić information content (AvgIpc) is 1.57. The van der Waals surface area contributed by atoms with Crippen LogP contribution in [-0.2, 0) is 10.2 Å². The molecule has 1 aliphatic rings. The Morgan fingerprint density at radius 3 is 2.11 bits per heavy atom. The standard InChI is InChI=1S/C3H9N3O2S/c4-3-1-2-6(3)9(5,7)8/h3H,1-2,4H2,(H2,5,7,8). The van der Waals surface area contributed by atoms with Crippen molar-refractivity contribution in [1.29, 1.82) is 0 Å². The van der Waals surface area contributed by atoms with Gasteiger partial charge in [0, 0.05) is 6.54 Å². The molecule has 1 saturated heterocycles. The van der Waals surface area contributed by atoms with Crippen molar-refractivity contribution in [3.05, 3.63) is 0 Å². The van der Waals surface area contributed by atoms with Crippen LogP contribution >= 0.6 is 0 Å². The normalized spacial score (nSPS) is 29.8. The maximum atomic E-state index is 10.4. The third-order valence-corrected chi connectivity index (χ3v) is 2.45. The third kappa shape index (κ3) is 1.21. The van der Waals surface area contributed by atoms with Crippen molar-refractivity contribution < 1.29 is 8.42 Å². The van der Waals surface area contributed by atoms with E-state index >= 15 is 0 Å². The molecule has 1 rings (SSSR count). The van der Waals surface area contributed by atoms with Crippen LogP contribution in [0.25, 0.3) is 0 Å². The molecule has 5 nitrogen and oxygen atoms in total. The molecule has 1 unspecified atom stereocenters. The lowest BCUT2D eigenvalue weighted by Gasteiger charge is -2.34. The van der Waals surface area contributed by atoms with Crippen LogP contribution in [-0.4, -0.2) is 25.4 Å². The molecule has 4 N–H and O–H groups in total. The first-order chi connectivity index (χ1) is 4.02. The van der Waals surface area contributed by atoms with E-state index in [4.69, 9.17) is 10.9 Å². The molecule has 54 valence electrons. The largest absolute Gasteiger partial charge is 0.315 e. The molecule has 6 heteroatoms. The fourth-order valence-corrected chi connectivity index (χ4v) is 1.54. The van der Waals surface area contributed by atoms with Crippen LogP contribution in [0.4, 0.5) is 0 Å². The first-order valence-electron chi connectivity index (χ1n) is 2.57. The van der Waals surface area contributed by atoms with Gasteiger partial charge in [0.05, 0.1) is 6.17 Å². The lowest BCUT2D eigenvalue weighted by molar-refractivity contribution is 0.206. The van der Waals surface area contributed by atoms with E-state index < -0.39 is 10.2 Å². The van der Waals surface area contributed by atoms with Crippen molar-refractivity contribution in [2.75, 3.05) is 6.54 Å². The van der Waals surface area contributed by atoms with Crippen molar-refractivity contribution in [2.45, 2.75) is 12.6 Å². The van der Waals surface area contributed by atoms with E-state index in [9.17, 15) is 8.42 Å². The second-order valence-corrected chi connectivity index (χ2v) is 3.51. The topological polar surface area (TPSA) is 89.4 Å². The van der Waals surface area contributed by atoms with Crippen LogP contribution in [0.1, 0.15) is 6.42 Å². The maximum absolute atomic E-state index is 10.4. The van der Waals surface area contributed by atoms with Gasteiger partial charge in [-0.1, -0.05) is 0 Å². The van der Waals surface area contributed by atoms with Crippen molar-refractivity contribution in [2.24, 2.45) is 10.9 Å². The Hall–Kier alpha value is -0.170. The molecular weight excluding hydrogens is 142 g/mol. The van der Waals surface area contributed by atoms with Gasteiger partial charge in [0.15, 0.2) is 0 Å². The molecule has 0 bridgehead atoms. The zero-order chi connectivity index (χ0) is 7.07. The van der Waals surface area contributed by atoms with Gasteiger partial charge in [-0.25, -0.2) is 5.14 Å². The molecule has 0 amide bonds. The summed E-state index contributed by atoms with van der Waals surface area (Å²) in [6.07, 6.45) is 0.316. The minimum absolute atomic E-state index is 0.389. The third-order valence-electron chi connectivity index (χ3n) is 1.34. The van der Waals surface area contributed by atoms with E-state index in [2.05, 4.69) is 0 Å². The van der Waals surface area contributed by atoms with E-state index in [-0.39, 0.29) is 6.17 Å². The van der Waals surface area contributed by atoms with Crippen LogP contribution < -0.4 is 10.9 Å². The Bertz CT molecular complexity index is 199. The van der Waals surface area contributed by atoms with Gasteiger partial charge < -0.3 is 5.73 Å². The fourth-order valence-electron chi connectivity index (χ4n) is 0.700. The van der Waals surface area contributed by atoms with E-state index in [1.165, 1.54) is 0 Å². The van der Waals surface area contributed by atoms with Crippen molar-refractivity contribution in [3.8, 4) is 0 Å². The van der Waals surface area contributed by atoms with Gasteiger partial charge in [0.2, 0.25) is 0 Å². The molecule has 1 atom stereocenters. The van der Waals surface area contributed by atoms with Gasteiger partial charge in [-0.2, -0.15) is 12.7 Å². The monoisotopic (exact) mass is 151 g/mol. The zero-order valence-corrected chi connectivity index (χ0v) is 5.63. The molecule has 0 saturated carbocycles. The van der Waals surface area contributed by atoms with Crippen LogP contribution in [0.15, 0.2) is 0 Å². The van der Waals surface area contributed by atoms with Gasteiger partial charge in [0.1, 0.15) is 0 Å². The lowest BCUT2D eigenvalue weighted by Crippen LogP contribution is -2.57. The quantitative estimate of drug-likeness (QED) is 0.462. The summed E-state index contributed by atoms with van der Waals surface area (Å²) in [4.78, 5) is 0. The van der Waals surface area contributed by atoms with Crippen molar-refractivity contribution in [3.63, 3.8) is 0 Å². The molecule has 0 aromatic carbocycles. The summed E-state index contributed by atoms with van der Waals surface area (Å²) < 4.78 is 22.0. The summed E-state index contributed by atoms with van der Waals surface area (Å²) in [6.45, 7) is 0.458. The minimum Gasteiger partial charge on any atom is -0.315 e. The molecule has 1 fully saturated rings. The molecule has 1 heterocycles. The first kappa shape index (κ1) is 6.94. The number of rotatable bonds is 1. The van der Waals surface area contributed by atoms with Gasteiger partial charge >= 0.3 is 0 Å². The van der Waals surface area contributed by atoms with E-state index in [1.807, 2.05) is 0 Å². The highest BCUT2D eigenvalue weighted by Crippen LogP contribution is 2.13. The van der Waals surface area contributed by atoms with Crippen LogP contribution in [0, 0.1) is 0 Å². The Morgan fingerprint density at radius 2 is 2.11 bits per heavy atom. The van der Waals surface area contributed by atoms with Gasteiger partial charge in [-0.05, 0) is 6.42 Å². The minimum atomic E-state index is -3.51. The van der Waals surface area contributed by atoms with E-state index in [1.54, 1.807) is 0 Å². The highest BCUT2D eigenvalue weighted by Gasteiger charge is 2.32. The van der Waals surface area contributed by atoms with Crippen molar-refractivity contribution >= 4 is 10.2 Å². The summed E-state index contributed by atoms with van der Waals surface area (Å²) in [7, 11) is -3.51. The molecule has 9 heavy (non-hydrogen) atoms. The molecule has 0 radical (unpaired) electrons. The number of hydrogen-bond donors (Lipinski definition) is 2. The predicted molar refractivity (Wildman–Crippen MR) is 32.4 cm³/mol. The molecular formula is C3H9N3O2S. The van der Waals surface area contributed by atoms with E-state index in [0.29, 0.717) is 13.0 Å². The zero-order valence-electron chi connectivity index (χ0n) is 4.82. The molecule has 0 aromatic heterocycles. The number of nitrogens with two attached hydrogens (primary N) is 2. The van der Waals surface area contributed by atoms with Gasteiger partial charge in [0.25, 0.3) is 10.2 Å². The summed E-state index contributed by atoms with van der Waals surface area (Å²) in [6, 6.07) is 0. The smallest absolute Gasteiger partial charge is 0.278 e. The Morgan fingerprint density at radius 1 is 1.56 bits per heavy atom. The van der Waals surface area contributed by atoms with Crippen LogP contribution in [0.2, 0.25) is 0 Å². The second kappa shape index (κ2) is 1.91. The summed E-state index contributed by atoms with van der Waals surface area (Å²) in [5.74, 6) is 0. The molecule has 0 aromatic rings. The predicted octanol–water partition coefficient (Wildman–Crippen LogP) is -1.82. The van der Waals surface area contributed by atoms with Gasteiger partial charge in [-0.15, -0.1) is 0 Å². The van der Waals surface area contributed by atoms with Crippen LogP contribution in [0.3, 0.4) is 0 Å². The van der Waals surface area contributed by atoms with Gasteiger partial charge in [-0.3, -0.25) is 0 Å². The summed E-state index contributed by atoms with van der Waals surface area (Å²) in [5.41, 5.74) is 5.28. The van der Waals surface area contributed by atoms with E-state index in [0.717, 1.165) is 4.31 Å². The Balaban J connectivity index is 2.66. The summed E-state index contributed by atoms with van der Waals surface area (Å²) in [5, 5.41) is 4.75. The summed E-state index contributed by atoms with van der Waals surface area (Å²) >= 11 is 0. The number of hydrogen-bond acceptors (Lipinski definition) is 3. The highest BCUT2D eigenvalue weighted by molar-refractivity contribution is 7.86. The Kier molecular flexibility index (Phi) is 1.47. The average molecular weight is 151 g/mol. The fraction of sp³-hybridized carbons (Fsp3) is 1.00. The van der Waals surface area contributed by atoms with Crippen LogP contribution in [0.5, 0.6) is 0 Å². The van der Waals surface area contributed by atoms with Crippen molar-refractivity contribution in [1.82, 2.24) is 4.31 Å². The lowest BCUT2D eigenvalue weighted by atomic mass is 10.2. The Labute approximate surface area is 53.8 Å². The second-order valence-electron chi connectivity index (χ2n) is 2.01. The first-order valence-corrected chi connectivity index (χ1v) is 4.07. The molecule has 0 aliphatic carbocycles.